The lowest BCUT2D eigenvalue weighted by atomic mass is 9.88. The van der Waals surface area contributed by atoms with Crippen LogP contribution in [0.1, 0.15) is 43.4 Å². The molecule has 39 heavy (non-hydrogen) atoms. The van der Waals surface area contributed by atoms with E-state index in [-0.39, 0.29) is 42.0 Å². The maximum atomic E-state index is 13.7. The van der Waals surface area contributed by atoms with Crippen LogP contribution in [-0.4, -0.2) is 49.9 Å². The number of rotatable bonds is 7. The normalized spacial score (nSPS) is 17.1. The van der Waals surface area contributed by atoms with Gasteiger partial charge in [0.15, 0.2) is 0 Å². The Kier molecular flexibility index (Phi) is 8.10. The first-order valence-corrected chi connectivity index (χ1v) is 13.3. The van der Waals surface area contributed by atoms with Crippen LogP contribution in [0.4, 0.5) is 32.0 Å². The summed E-state index contributed by atoms with van der Waals surface area (Å²) in [5.41, 5.74) is -1.17. The minimum Gasteiger partial charge on any atom is -0.369 e. The molecule has 4 N–H and O–H groups in total. The van der Waals surface area contributed by atoms with Crippen molar-refractivity contribution >= 4 is 21.6 Å². The van der Waals surface area contributed by atoms with Crippen LogP contribution >= 0.6 is 0 Å². The number of anilines is 1. The fourth-order valence-corrected chi connectivity index (χ4v) is 6.11. The molecule has 0 aromatic heterocycles. The fraction of sp³-hybridized carbons (Fsp3) is 0.480. The van der Waals surface area contributed by atoms with Gasteiger partial charge in [0.05, 0.1) is 16.6 Å². The number of halogens is 6. The molecule has 0 radical (unpaired) electrons. The number of fused-ring (bicyclic) bond motifs is 1. The second kappa shape index (κ2) is 10.3. The highest BCUT2D eigenvalue weighted by Crippen LogP contribution is 2.51. The standard InChI is InChI=1S/C25H29F6N3O4S/c1-15-4-9-19(10-5-15)39(37,38)34-18(14-33-21(35)13-22(2,3)32)8-6-16-12-17(7-11-20(16)34)23(36,24(26,27)28)25(29,30)31/h4-5,7,9-12,18,36H,6,8,13-14,32H2,1-3H3,(H,33,35). The van der Waals surface area contributed by atoms with Crippen molar-refractivity contribution in [1.29, 1.82) is 0 Å². The number of amides is 1. The van der Waals surface area contributed by atoms with Gasteiger partial charge in [0.2, 0.25) is 5.91 Å². The summed E-state index contributed by atoms with van der Waals surface area (Å²) in [7, 11) is -4.38. The number of carbonyl (C=O) groups excluding carboxylic acids is 1. The van der Waals surface area contributed by atoms with Crippen molar-refractivity contribution in [3.8, 4) is 0 Å². The minimum absolute atomic E-state index is 0.0374. The lowest BCUT2D eigenvalue weighted by molar-refractivity contribution is -0.376. The van der Waals surface area contributed by atoms with Crippen LogP contribution in [0.25, 0.3) is 0 Å². The van der Waals surface area contributed by atoms with Crippen molar-refractivity contribution in [2.75, 3.05) is 10.8 Å². The summed E-state index contributed by atoms with van der Waals surface area (Å²) in [6, 6.07) is 6.56. The third-order valence-electron chi connectivity index (χ3n) is 6.36. The molecular formula is C25H29F6N3O4S. The molecule has 2 aromatic carbocycles. The van der Waals surface area contributed by atoms with E-state index in [0.29, 0.717) is 12.1 Å². The van der Waals surface area contributed by atoms with E-state index < -0.39 is 51.0 Å². The summed E-state index contributed by atoms with van der Waals surface area (Å²) in [4.78, 5) is 12.2. The van der Waals surface area contributed by atoms with E-state index in [4.69, 9.17) is 5.73 Å². The zero-order valence-electron chi connectivity index (χ0n) is 21.3. The highest BCUT2D eigenvalue weighted by Gasteiger charge is 2.71. The first-order chi connectivity index (χ1) is 17.7. The highest BCUT2D eigenvalue weighted by atomic mass is 32.2. The second-order valence-electron chi connectivity index (χ2n) is 10.3. The van der Waals surface area contributed by atoms with Gasteiger partial charge in [-0.1, -0.05) is 29.8 Å². The number of benzene rings is 2. The third-order valence-corrected chi connectivity index (χ3v) is 8.24. The highest BCUT2D eigenvalue weighted by molar-refractivity contribution is 7.92. The van der Waals surface area contributed by atoms with E-state index in [1.165, 1.54) is 24.3 Å². The molecule has 1 unspecified atom stereocenters. The molecule has 1 amide bonds. The molecule has 14 heteroatoms. The van der Waals surface area contributed by atoms with Crippen LogP contribution in [-0.2, 0) is 26.8 Å². The summed E-state index contributed by atoms with van der Waals surface area (Å²) in [6.45, 7) is 4.79. The lowest BCUT2D eigenvalue weighted by Gasteiger charge is -2.39. The molecule has 0 bridgehead atoms. The molecule has 0 aliphatic carbocycles. The molecule has 7 nitrogen and oxygen atoms in total. The lowest BCUT2D eigenvalue weighted by Crippen LogP contribution is -2.54. The van der Waals surface area contributed by atoms with Crippen LogP contribution in [0, 0.1) is 6.92 Å². The first kappa shape index (κ1) is 30.7. The number of sulfonamides is 1. The maximum absolute atomic E-state index is 13.7. The quantitative estimate of drug-likeness (QED) is 0.427. The summed E-state index contributed by atoms with van der Waals surface area (Å²) in [6.07, 6.45) is -12.4. The summed E-state index contributed by atoms with van der Waals surface area (Å²) >= 11 is 0. The molecule has 0 saturated heterocycles. The molecule has 0 saturated carbocycles. The molecule has 1 aliphatic rings. The van der Waals surface area contributed by atoms with Crippen LogP contribution in [0.5, 0.6) is 0 Å². The number of alkyl halides is 6. The Balaban J connectivity index is 2.11. The Hall–Kier alpha value is -2.84. The van der Waals surface area contributed by atoms with Gasteiger partial charge in [-0.3, -0.25) is 9.10 Å². The number of hydrogen-bond donors (Lipinski definition) is 3. The van der Waals surface area contributed by atoms with E-state index in [9.17, 15) is 44.7 Å². The zero-order valence-corrected chi connectivity index (χ0v) is 22.1. The van der Waals surface area contributed by atoms with E-state index in [2.05, 4.69) is 5.32 Å². The summed E-state index contributed by atoms with van der Waals surface area (Å²) in [5.74, 6) is -0.461. The monoisotopic (exact) mass is 581 g/mol. The van der Waals surface area contributed by atoms with Crippen molar-refractivity contribution < 1.29 is 44.7 Å². The molecule has 1 aliphatic heterocycles. The number of nitrogens with two attached hydrogens (primary N) is 1. The van der Waals surface area contributed by atoms with Crippen molar-refractivity contribution in [3.63, 3.8) is 0 Å². The molecule has 216 valence electrons. The molecule has 1 heterocycles. The van der Waals surface area contributed by atoms with Gasteiger partial charge in [-0.15, -0.1) is 0 Å². The van der Waals surface area contributed by atoms with Gasteiger partial charge >= 0.3 is 12.4 Å². The average Bonchev–Trinajstić information content (AvgIpc) is 2.79. The number of aryl methyl sites for hydroxylation is 2. The van der Waals surface area contributed by atoms with E-state index in [1.54, 1.807) is 20.8 Å². The fourth-order valence-electron chi connectivity index (χ4n) is 4.39. The number of aliphatic hydroxyl groups is 1. The molecule has 3 rings (SSSR count). The Morgan fingerprint density at radius 3 is 2.13 bits per heavy atom. The molecule has 0 fully saturated rings. The molecule has 0 spiro atoms. The molecular weight excluding hydrogens is 552 g/mol. The minimum atomic E-state index is -6.09. The van der Waals surface area contributed by atoms with Crippen molar-refractivity contribution in [1.82, 2.24) is 5.32 Å². The Morgan fingerprint density at radius 2 is 1.62 bits per heavy atom. The van der Waals surface area contributed by atoms with Gasteiger partial charge in [0.25, 0.3) is 15.6 Å². The summed E-state index contributed by atoms with van der Waals surface area (Å²) in [5, 5.41) is 12.5. The molecule has 1 atom stereocenters. The third kappa shape index (κ3) is 6.17. The van der Waals surface area contributed by atoms with Crippen LogP contribution < -0.4 is 15.4 Å². The van der Waals surface area contributed by atoms with Crippen molar-refractivity contribution in [2.24, 2.45) is 5.73 Å². The second-order valence-corrected chi connectivity index (χ2v) is 12.1. The number of carbonyl (C=O) groups is 1. The summed E-state index contributed by atoms with van der Waals surface area (Å²) < 4.78 is 109. The average molecular weight is 582 g/mol. The van der Waals surface area contributed by atoms with Crippen LogP contribution in [0.2, 0.25) is 0 Å². The van der Waals surface area contributed by atoms with Gasteiger partial charge in [-0.25, -0.2) is 8.42 Å². The Bertz CT molecular complexity index is 1310. The first-order valence-electron chi connectivity index (χ1n) is 11.8. The van der Waals surface area contributed by atoms with E-state index in [1.807, 2.05) is 0 Å². The number of nitrogens with one attached hydrogen (secondary N) is 1. The van der Waals surface area contributed by atoms with Gasteiger partial charge < -0.3 is 16.2 Å². The molecule has 2 aromatic rings. The zero-order chi connectivity index (χ0) is 29.6. The van der Waals surface area contributed by atoms with Gasteiger partial charge in [0.1, 0.15) is 0 Å². The van der Waals surface area contributed by atoms with Gasteiger partial charge in [-0.05, 0) is 57.4 Å². The van der Waals surface area contributed by atoms with Crippen LogP contribution in [0.15, 0.2) is 47.4 Å². The Morgan fingerprint density at radius 1 is 1.05 bits per heavy atom. The maximum Gasteiger partial charge on any atom is 0.430 e. The largest absolute Gasteiger partial charge is 0.430 e. The topological polar surface area (TPSA) is 113 Å². The van der Waals surface area contributed by atoms with Crippen LogP contribution in [0.3, 0.4) is 0 Å². The predicted octanol–water partition coefficient (Wildman–Crippen LogP) is 4.06. The van der Waals surface area contributed by atoms with Gasteiger partial charge in [-0.2, -0.15) is 26.3 Å². The SMILES string of the molecule is Cc1ccc(S(=O)(=O)N2c3ccc(C(O)(C(F)(F)F)C(F)(F)F)cc3CCC2CNC(=O)CC(C)(C)N)cc1. The van der Waals surface area contributed by atoms with Gasteiger partial charge in [0, 0.05) is 24.1 Å². The number of nitrogens with zero attached hydrogens (tertiary/aromatic N) is 1. The van der Waals surface area contributed by atoms with E-state index in [0.717, 1.165) is 15.9 Å². The Labute approximate surface area is 222 Å². The van der Waals surface area contributed by atoms with Crippen molar-refractivity contribution in [2.45, 2.75) is 74.5 Å². The number of hydrogen-bond acceptors (Lipinski definition) is 5. The smallest absolute Gasteiger partial charge is 0.369 e. The predicted molar refractivity (Wildman–Crippen MR) is 131 cm³/mol. The van der Waals surface area contributed by atoms with Crippen molar-refractivity contribution in [3.05, 3.63) is 59.2 Å². The van der Waals surface area contributed by atoms with E-state index >= 15 is 0 Å².